The number of nitrogens with one attached hydrogen (secondary N) is 2. The van der Waals surface area contributed by atoms with Crippen molar-refractivity contribution >= 4 is 51.2 Å². The molecule has 0 bridgehead atoms. The first-order chi connectivity index (χ1) is 16.2. The monoisotopic (exact) mass is 528 g/mol. The van der Waals surface area contributed by atoms with E-state index >= 15 is 0 Å². The maximum Gasteiger partial charge on any atom is 0.352 e. The number of rotatable bonds is 11. The summed E-state index contributed by atoms with van der Waals surface area (Å²) in [5.74, 6) is -0.0566. The Balaban J connectivity index is 1.38. The van der Waals surface area contributed by atoms with Gasteiger partial charge in [0.25, 0.3) is 5.91 Å². The van der Waals surface area contributed by atoms with E-state index < -0.39 is 21.8 Å². The molecule has 2 aromatic heterocycles. The van der Waals surface area contributed by atoms with Crippen LogP contribution in [0.25, 0.3) is 0 Å². The number of carboxylic acid groups (broad SMARTS) is 1. The zero-order valence-electron chi connectivity index (χ0n) is 18.5. The van der Waals surface area contributed by atoms with E-state index in [0.717, 1.165) is 5.69 Å². The molecule has 2 atom stereocenters. The summed E-state index contributed by atoms with van der Waals surface area (Å²) in [5, 5.41) is 24.3. The number of β-lactam (4-membered cyclic amide) rings is 1. The molecule has 0 spiro atoms. The first kappa shape index (κ1) is 24.5. The number of amides is 1. The maximum absolute atomic E-state index is 12.9. The highest BCUT2D eigenvalue weighted by atomic mass is 32.2. The van der Waals surface area contributed by atoms with Crippen molar-refractivity contribution in [2.75, 3.05) is 28.3 Å². The number of anilines is 1. The second kappa shape index (κ2) is 9.95. The number of fused-ring (bicyclic) bond motifs is 1. The molecular formula is C18H24N8O5S3. The number of carbonyl (C=O) groups excluding carboxylic acids is 1. The Bertz CT molecular complexity index is 1220. The first-order valence-electron chi connectivity index (χ1n) is 10.5. The smallest absolute Gasteiger partial charge is 0.352 e. The standard InChI is InChI=1S/C18H24N8O5S3/c1-3-34(30,31)6-4-5-11-7-19-17(20-11)21-12-14(27)26-13(16(28)29)10(8-32-15(12)26)9-33-18-22-23-24-25(18)2/h7,12,15H,3-6,8-9H2,1-2H3,(H,28,29)(H2,19,20,21)/t12?,15-/m1/s1. The second-order valence-corrected chi connectivity index (χ2v) is 12.3. The molecule has 34 heavy (non-hydrogen) atoms. The van der Waals surface area contributed by atoms with Crippen LogP contribution in [0, 0.1) is 0 Å². The van der Waals surface area contributed by atoms with Gasteiger partial charge in [-0.05, 0) is 28.8 Å². The molecule has 0 aliphatic carbocycles. The number of aliphatic carboxylic acids is 1. The highest BCUT2D eigenvalue weighted by Gasteiger charge is 2.53. The van der Waals surface area contributed by atoms with E-state index in [1.807, 2.05) is 0 Å². The lowest BCUT2D eigenvalue weighted by Crippen LogP contribution is -2.67. The average molecular weight is 529 g/mol. The largest absolute Gasteiger partial charge is 0.477 e. The van der Waals surface area contributed by atoms with Gasteiger partial charge in [0.2, 0.25) is 11.1 Å². The van der Waals surface area contributed by atoms with E-state index in [4.69, 9.17) is 0 Å². The molecule has 2 aromatic rings. The summed E-state index contributed by atoms with van der Waals surface area (Å²) in [6, 6.07) is -0.615. The maximum atomic E-state index is 12.9. The predicted octanol–water partition coefficient (Wildman–Crippen LogP) is 0.127. The van der Waals surface area contributed by atoms with E-state index in [1.165, 1.54) is 33.1 Å². The minimum atomic E-state index is -3.02. The van der Waals surface area contributed by atoms with Crippen molar-refractivity contribution in [3.8, 4) is 0 Å². The van der Waals surface area contributed by atoms with Gasteiger partial charge in [-0.1, -0.05) is 18.7 Å². The lowest BCUT2D eigenvalue weighted by Gasteiger charge is -2.49. The zero-order valence-corrected chi connectivity index (χ0v) is 20.9. The minimum Gasteiger partial charge on any atom is -0.477 e. The lowest BCUT2D eigenvalue weighted by molar-refractivity contribution is -0.147. The Morgan fingerprint density at radius 2 is 2.24 bits per heavy atom. The molecule has 2 aliphatic rings. The van der Waals surface area contributed by atoms with Crippen LogP contribution < -0.4 is 5.32 Å². The van der Waals surface area contributed by atoms with Gasteiger partial charge in [0.1, 0.15) is 27.0 Å². The van der Waals surface area contributed by atoms with Gasteiger partial charge in [0.05, 0.1) is 11.9 Å². The van der Waals surface area contributed by atoms with Crippen LogP contribution in [0.15, 0.2) is 22.6 Å². The highest BCUT2D eigenvalue weighted by Crippen LogP contribution is 2.42. The second-order valence-electron chi connectivity index (χ2n) is 7.76. The number of aromatic nitrogens is 6. The SMILES string of the molecule is CCS(=O)(=O)CCCc1cnc(NC2C(=O)N3C(C(=O)O)=C(CSc4nnnn4C)CS[C@H]23)[nH]1. The van der Waals surface area contributed by atoms with Crippen LogP contribution in [0.1, 0.15) is 19.0 Å². The normalized spacial score (nSPS) is 20.3. The summed E-state index contributed by atoms with van der Waals surface area (Å²) in [5.41, 5.74) is 1.40. The van der Waals surface area contributed by atoms with Crippen LogP contribution in [0.2, 0.25) is 0 Å². The molecule has 16 heteroatoms. The fraction of sp³-hybridized carbons (Fsp3) is 0.556. The number of aromatic amines is 1. The number of carboxylic acids is 1. The fourth-order valence-corrected chi connectivity index (χ4v) is 6.83. The molecule has 0 saturated carbocycles. The molecule has 1 fully saturated rings. The molecular weight excluding hydrogens is 504 g/mol. The van der Waals surface area contributed by atoms with Crippen LogP contribution in [-0.4, -0.2) is 94.9 Å². The summed E-state index contributed by atoms with van der Waals surface area (Å²) in [7, 11) is -1.32. The van der Waals surface area contributed by atoms with E-state index in [1.54, 1.807) is 20.2 Å². The molecule has 4 heterocycles. The third kappa shape index (κ3) is 5.07. The summed E-state index contributed by atoms with van der Waals surface area (Å²) >= 11 is 2.79. The number of imidazole rings is 1. The van der Waals surface area contributed by atoms with Gasteiger partial charge in [-0.15, -0.1) is 16.9 Å². The Labute approximate surface area is 204 Å². The quantitative estimate of drug-likeness (QED) is 0.266. The number of sulfone groups is 1. The van der Waals surface area contributed by atoms with E-state index in [2.05, 4.69) is 30.8 Å². The third-order valence-electron chi connectivity index (χ3n) is 5.47. The molecule has 0 radical (unpaired) electrons. The van der Waals surface area contributed by atoms with E-state index in [9.17, 15) is 23.1 Å². The molecule has 4 rings (SSSR count). The number of H-pyrrole nitrogens is 1. The van der Waals surface area contributed by atoms with Gasteiger partial charge in [0.15, 0.2) is 0 Å². The fourth-order valence-electron chi connectivity index (χ4n) is 3.62. The van der Waals surface area contributed by atoms with Gasteiger partial charge < -0.3 is 15.4 Å². The molecule has 3 N–H and O–H groups in total. The van der Waals surface area contributed by atoms with Crippen LogP contribution in [0.4, 0.5) is 5.95 Å². The van der Waals surface area contributed by atoms with Crippen molar-refractivity contribution < 1.29 is 23.1 Å². The number of carbonyl (C=O) groups is 2. The zero-order chi connectivity index (χ0) is 24.5. The number of hydrogen-bond acceptors (Lipinski definition) is 11. The Hall–Kier alpha value is -2.59. The molecule has 1 amide bonds. The van der Waals surface area contributed by atoms with Crippen molar-refractivity contribution in [3.05, 3.63) is 23.2 Å². The summed E-state index contributed by atoms with van der Waals surface area (Å²) in [4.78, 5) is 33.5. The van der Waals surface area contributed by atoms with Crippen molar-refractivity contribution in [2.45, 2.75) is 36.3 Å². The summed E-state index contributed by atoms with van der Waals surface area (Å²) in [6.45, 7) is 1.62. The van der Waals surface area contributed by atoms with Crippen LogP contribution in [0.5, 0.6) is 0 Å². The number of hydrogen-bond donors (Lipinski definition) is 3. The summed E-state index contributed by atoms with van der Waals surface area (Å²) in [6.07, 6.45) is 2.60. The van der Waals surface area contributed by atoms with Crippen LogP contribution >= 0.6 is 23.5 Å². The Morgan fingerprint density at radius 3 is 2.91 bits per heavy atom. The first-order valence-corrected chi connectivity index (χ1v) is 14.3. The number of nitrogens with zero attached hydrogens (tertiary/aromatic N) is 6. The molecule has 0 aromatic carbocycles. The predicted molar refractivity (Wildman–Crippen MR) is 126 cm³/mol. The number of aryl methyl sites for hydroxylation is 2. The van der Waals surface area contributed by atoms with Gasteiger partial charge >= 0.3 is 5.97 Å². The lowest BCUT2D eigenvalue weighted by atomic mass is 10.0. The molecule has 184 valence electrons. The topological polar surface area (TPSA) is 176 Å². The van der Waals surface area contributed by atoms with Crippen molar-refractivity contribution in [2.24, 2.45) is 7.05 Å². The molecule has 13 nitrogen and oxygen atoms in total. The van der Waals surface area contributed by atoms with Gasteiger partial charge in [-0.2, -0.15) is 0 Å². The van der Waals surface area contributed by atoms with Crippen molar-refractivity contribution in [1.29, 1.82) is 0 Å². The van der Waals surface area contributed by atoms with Gasteiger partial charge in [0, 0.05) is 30.0 Å². The van der Waals surface area contributed by atoms with Gasteiger partial charge in [-0.25, -0.2) is 22.9 Å². The van der Waals surface area contributed by atoms with Crippen molar-refractivity contribution in [1.82, 2.24) is 35.1 Å². The number of tetrazole rings is 1. The molecule has 2 aliphatic heterocycles. The van der Waals surface area contributed by atoms with Gasteiger partial charge in [-0.3, -0.25) is 9.69 Å². The van der Waals surface area contributed by atoms with E-state index in [-0.39, 0.29) is 28.5 Å². The molecule has 1 saturated heterocycles. The number of thioether (sulfide) groups is 2. The summed E-state index contributed by atoms with van der Waals surface area (Å²) < 4.78 is 24.8. The highest BCUT2D eigenvalue weighted by molar-refractivity contribution is 8.01. The average Bonchev–Trinajstić information content (AvgIpc) is 3.43. The molecule has 1 unspecified atom stereocenters. The minimum absolute atomic E-state index is 0.00620. The van der Waals surface area contributed by atoms with Crippen LogP contribution in [0.3, 0.4) is 0 Å². The van der Waals surface area contributed by atoms with Crippen LogP contribution in [-0.2, 0) is 32.9 Å². The Kier molecular flexibility index (Phi) is 7.18. The third-order valence-corrected chi connectivity index (χ3v) is 9.70. The Morgan fingerprint density at radius 1 is 1.44 bits per heavy atom. The van der Waals surface area contributed by atoms with E-state index in [0.29, 0.717) is 41.0 Å². The van der Waals surface area contributed by atoms with Crippen molar-refractivity contribution in [3.63, 3.8) is 0 Å².